The molecule has 1 aliphatic heterocycles. The van der Waals surface area contributed by atoms with Gasteiger partial charge in [-0.15, -0.1) is 0 Å². The van der Waals surface area contributed by atoms with Gasteiger partial charge in [0.2, 0.25) is 0 Å². The van der Waals surface area contributed by atoms with Crippen LogP contribution in [0.2, 0.25) is 0 Å². The summed E-state index contributed by atoms with van der Waals surface area (Å²) in [7, 11) is 0. The number of benzene rings is 2. The SMILES string of the molecule is Cc1ccc(CC2CCN(c3ccc4nccc(O)c4c3)CC2)cc1C. The van der Waals surface area contributed by atoms with Crippen LogP contribution in [0.1, 0.15) is 29.5 Å². The summed E-state index contributed by atoms with van der Waals surface area (Å²) >= 11 is 0. The highest BCUT2D eigenvalue weighted by Crippen LogP contribution is 2.30. The predicted molar refractivity (Wildman–Crippen MR) is 108 cm³/mol. The van der Waals surface area contributed by atoms with E-state index in [1.165, 1.54) is 41.6 Å². The van der Waals surface area contributed by atoms with E-state index in [1.54, 1.807) is 12.3 Å². The van der Waals surface area contributed by atoms with Gasteiger partial charge in [-0.05, 0) is 80.0 Å². The van der Waals surface area contributed by atoms with Gasteiger partial charge in [-0.3, -0.25) is 4.98 Å². The first-order valence-electron chi connectivity index (χ1n) is 9.49. The maximum atomic E-state index is 10.1. The Morgan fingerprint density at radius 2 is 1.81 bits per heavy atom. The van der Waals surface area contributed by atoms with Crippen molar-refractivity contribution in [1.29, 1.82) is 0 Å². The lowest BCUT2D eigenvalue weighted by Crippen LogP contribution is -2.34. The summed E-state index contributed by atoms with van der Waals surface area (Å²) in [5.41, 5.74) is 6.26. The quantitative estimate of drug-likeness (QED) is 0.724. The number of hydrogen-bond acceptors (Lipinski definition) is 3. The Morgan fingerprint density at radius 3 is 2.58 bits per heavy atom. The molecule has 0 amide bonds. The van der Waals surface area contributed by atoms with Crippen molar-refractivity contribution in [3.63, 3.8) is 0 Å². The van der Waals surface area contributed by atoms with Crippen molar-refractivity contribution in [2.75, 3.05) is 18.0 Å². The third-order valence-corrected chi connectivity index (χ3v) is 5.78. The zero-order chi connectivity index (χ0) is 18.1. The molecule has 3 heteroatoms. The molecule has 1 saturated heterocycles. The van der Waals surface area contributed by atoms with Gasteiger partial charge in [-0.2, -0.15) is 0 Å². The molecule has 26 heavy (non-hydrogen) atoms. The molecule has 2 heterocycles. The molecule has 0 aliphatic carbocycles. The smallest absolute Gasteiger partial charge is 0.126 e. The summed E-state index contributed by atoms with van der Waals surface area (Å²) in [6.07, 6.45) is 5.25. The number of hydrogen-bond donors (Lipinski definition) is 1. The fourth-order valence-corrected chi connectivity index (χ4v) is 3.98. The normalized spacial score (nSPS) is 15.5. The first kappa shape index (κ1) is 16.9. The molecule has 2 aromatic carbocycles. The molecule has 1 aromatic heterocycles. The summed E-state index contributed by atoms with van der Waals surface area (Å²) in [4.78, 5) is 6.76. The highest BCUT2D eigenvalue weighted by atomic mass is 16.3. The fourth-order valence-electron chi connectivity index (χ4n) is 3.98. The van der Waals surface area contributed by atoms with Crippen molar-refractivity contribution in [2.24, 2.45) is 5.92 Å². The minimum absolute atomic E-state index is 0.307. The van der Waals surface area contributed by atoms with E-state index in [0.717, 1.165) is 29.9 Å². The van der Waals surface area contributed by atoms with Crippen molar-refractivity contribution in [3.8, 4) is 5.75 Å². The highest BCUT2D eigenvalue weighted by molar-refractivity contribution is 5.87. The second-order valence-electron chi connectivity index (χ2n) is 7.58. The number of anilines is 1. The third kappa shape index (κ3) is 3.39. The van der Waals surface area contributed by atoms with Gasteiger partial charge in [0.1, 0.15) is 5.75 Å². The molecule has 3 aromatic rings. The number of aromatic hydroxyl groups is 1. The van der Waals surface area contributed by atoms with Crippen molar-refractivity contribution in [2.45, 2.75) is 33.1 Å². The zero-order valence-electron chi connectivity index (χ0n) is 15.6. The van der Waals surface area contributed by atoms with Crippen molar-refractivity contribution >= 4 is 16.6 Å². The van der Waals surface area contributed by atoms with Crippen LogP contribution in [-0.4, -0.2) is 23.2 Å². The lowest BCUT2D eigenvalue weighted by atomic mass is 9.89. The summed E-state index contributed by atoms with van der Waals surface area (Å²) in [5, 5.41) is 10.9. The molecule has 3 nitrogen and oxygen atoms in total. The Bertz CT molecular complexity index is 927. The Kier molecular flexibility index (Phi) is 4.54. The van der Waals surface area contributed by atoms with E-state index in [1.807, 2.05) is 6.07 Å². The average molecular weight is 346 g/mol. The van der Waals surface area contributed by atoms with Gasteiger partial charge in [-0.1, -0.05) is 18.2 Å². The van der Waals surface area contributed by atoms with Crippen molar-refractivity contribution < 1.29 is 5.11 Å². The molecule has 134 valence electrons. The molecule has 4 rings (SSSR count). The second kappa shape index (κ2) is 6.99. The van der Waals surface area contributed by atoms with Gasteiger partial charge in [0.15, 0.2) is 0 Å². The first-order chi connectivity index (χ1) is 12.6. The summed E-state index contributed by atoms with van der Waals surface area (Å²) < 4.78 is 0. The topological polar surface area (TPSA) is 36.4 Å². The van der Waals surface area contributed by atoms with Crippen molar-refractivity contribution in [1.82, 2.24) is 4.98 Å². The maximum Gasteiger partial charge on any atom is 0.126 e. The predicted octanol–water partition coefficient (Wildman–Crippen LogP) is 5.02. The molecule has 0 spiro atoms. The minimum Gasteiger partial charge on any atom is -0.507 e. The molecular formula is C23H26N2O. The van der Waals surface area contributed by atoms with Crippen LogP contribution in [0.15, 0.2) is 48.7 Å². The van der Waals surface area contributed by atoms with Crippen LogP contribution in [0.4, 0.5) is 5.69 Å². The van der Waals surface area contributed by atoms with Gasteiger partial charge >= 0.3 is 0 Å². The van der Waals surface area contributed by atoms with Gasteiger partial charge in [0.25, 0.3) is 0 Å². The molecule has 0 radical (unpaired) electrons. The van der Waals surface area contributed by atoms with Crippen LogP contribution in [0.5, 0.6) is 5.75 Å². The Morgan fingerprint density at radius 1 is 1.00 bits per heavy atom. The van der Waals surface area contributed by atoms with Gasteiger partial charge in [0.05, 0.1) is 5.52 Å². The monoisotopic (exact) mass is 346 g/mol. The molecule has 1 N–H and O–H groups in total. The van der Waals surface area contributed by atoms with Gasteiger partial charge in [-0.25, -0.2) is 0 Å². The van der Waals surface area contributed by atoms with Crippen LogP contribution in [0, 0.1) is 19.8 Å². The van der Waals surface area contributed by atoms with Crippen LogP contribution in [-0.2, 0) is 6.42 Å². The number of piperidine rings is 1. The van der Waals surface area contributed by atoms with Crippen LogP contribution < -0.4 is 4.90 Å². The molecule has 0 atom stereocenters. The van der Waals surface area contributed by atoms with E-state index < -0.39 is 0 Å². The highest BCUT2D eigenvalue weighted by Gasteiger charge is 2.20. The number of pyridine rings is 1. The molecular weight excluding hydrogens is 320 g/mol. The summed E-state index contributed by atoms with van der Waals surface area (Å²) in [6, 6.07) is 14.7. The van der Waals surface area contributed by atoms with E-state index in [9.17, 15) is 5.11 Å². The summed E-state index contributed by atoms with van der Waals surface area (Å²) in [5.74, 6) is 1.06. The molecule has 1 aliphatic rings. The van der Waals surface area contributed by atoms with Crippen LogP contribution in [0.25, 0.3) is 10.9 Å². The van der Waals surface area contributed by atoms with E-state index in [4.69, 9.17) is 0 Å². The zero-order valence-corrected chi connectivity index (χ0v) is 15.6. The third-order valence-electron chi connectivity index (χ3n) is 5.78. The number of nitrogens with zero attached hydrogens (tertiary/aromatic N) is 2. The Labute approximate surface area is 155 Å². The second-order valence-corrected chi connectivity index (χ2v) is 7.58. The van der Waals surface area contributed by atoms with E-state index in [-0.39, 0.29) is 0 Å². The van der Waals surface area contributed by atoms with Gasteiger partial charge in [0, 0.05) is 30.4 Å². The lowest BCUT2D eigenvalue weighted by Gasteiger charge is -2.34. The number of aromatic nitrogens is 1. The number of fused-ring (bicyclic) bond motifs is 1. The minimum atomic E-state index is 0.307. The Hall–Kier alpha value is -2.55. The van der Waals surface area contributed by atoms with E-state index in [2.05, 4.69) is 54.1 Å². The molecule has 1 fully saturated rings. The first-order valence-corrected chi connectivity index (χ1v) is 9.49. The van der Waals surface area contributed by atoms with E-state index in [0.29, 0.717) is 5.75 Å². The Balaban J connectivity index is 1.43. The summed E-state index contributed by atoms with van der Waals surface area (Å²) in [6.45, 7) is 6.52. The standard InChI is InChI=1S/C23H26N2O/c1-16-3-4-19(13-17(16)2)14-18-8-11-25(12-9-18)20-5-6-22-21(15-20)23(26)7-10-24-22/h3-7,10,13,15,18H,8-9,11-12,14H2,1-2H3,(H,24,26). The lowest BCUT2D eigenvalue weighted by molar-refractivity contribution is 0.403. The average Bonchev–Trinajstić information content (AvgIpc) is 2.66. The largest absolute Gasteiger partial charge is 0.507 e. The van der Waals surface area contributed by atoms with Crippen LogP contribution >= 0.6 is 0 Å². The molecule has 0 unspecified atom stereocenters. The van der Waals surface area contributed by atoms with Crippen molar-refractivity contribution in [3.05, 3.63) is 65.4 Å². The van der Waals surface area contributed by atoms with Gasteiger partial charge < -0.3 is 10.0 Å². The fraction of sp³-hybridized carbons (Fsp3) is 0.348. The number of aryl methyl sites for hydroxylation is 2. The van der Waals surface area contributed by atoms with E-state index >= 15 is 0 Å². The molecule has 0 bridgehead atoms. The molecule has 0 saturated carbocycles. The maximum absolute atomic E-state index is 10.1. The van der Waals surface area contributed by atoms with Crippen LogP contribution in [0.3, 0.4) is 0 Å². The number of rotatable bonds is 3.